The molecule has 0 atom stereocenters. The highest BCUT2D eigenvalue weighted by atomic mass is 16.5. The van der Waals surface area contributed by atoms with E-state index in [2.05, 4.69) is 20.3 Å². The third-order valence-electron chi connectivity index (χ3n) is 4.72. The number of fused-ring (bicyclic) bond motifs is 1. The molecule has 10 nitrogen and oxygen atoms in total. The van der Waals surface area contributed by atoms with Crippen molar-refractivity contribution in [2.45, 2.75) is 13.1 Å². The molecule has 1 fully saturated rings. The zero-order valence-corrected chi connectivity index (χ0v) is 16.1. The molecule has 1 aromatic carbocycles. The molecule has 4 rings (SSSR count). The lowest BCUT2D eigenvalue weighted by molar-refractivity contribution is -0.122. The van der Waals surface area contributed by atoms with Gasteiger partial charge in [0.2, 0.25) is 5.91 Å². The van der Waals surface area contributed by atoms with Crippen molar-refractivity contribution in [1.29, 1.82) is 0 Å². The molecule has 10 heteroatoms. The van der Waals surface area contributed by atoms with E-state index < -0.39 is 5.69 Å². The Morgan fingerprint density at radius 2 is 1.97 bits per heavy atom. The van der Waals surface area contributed by atoms with Crippen LogP contribution in [0.5, 0.6) is 5.75 Å². The van der Waals surface area contributed by atoms with Crippen molar-refractivity contribution >= 4 is 17.5 Å². The molecule has 1 N–H and O–H groups in total. The Bertz CT molecular complexity index is 1050. The van der Waals surface area contributed by atoms with Gasteiger partial charge in [0.1, 0.15) is 18.1 Å². The van der Waals surface area contributed by atoms with Crippen molar-refractivity contribution in [2.24, 2.45) is 0 Å². The van der Waals surface area contributed by atoms with E-state index >= 15 is 0 Å². The zero-order chi connectivity index (χ0) is 20.2. The predicted molar refractivity (Wildman–Crippen MR) is 105 cm³/mol. The summed E-state index contributed by atoms with van der Waals surface area (Å²) in [4.78, 5) is 31.3. The van der Waals surface area contributed by atoms with Gasteiger partial charge in [-0.15, -0.1) is 5.10 Å². The number of hydrogen-bond acceptors (Lipinski definition) is 7. The van der Waals surface area contributed by atoms with Crippen LogP contribution in [-0.4, -0.2) is 58.5 Å². The van der Waals surface area contributed by atoms with Gasteiger partial charge < -0.3 is 19.7 Å². The van der Waals surface area contributed by atoms with Gasteiger partial charge in [0.15, 0.2) is 0 Å². The Labute approximate surface area is 166 Å². The first-order valence-corrected chi connectivity index (χ1v) is 9.32. The number of nitrogens with one attached hydrogen (secondary N) is 1. The Hall–Kier alpha value is -3.40. The zero-order valence-electron chi connectivity index (χ0n) is 16.1. The number of nitrogens with zero attached hydrogens (tertiary/aromatic N) is 5. The smallest absolute Gasteiger partial charge is 0.352 e. The van der Waals surface area contributed by atoms with Gasteiger partial charge >= 0.3 is 5.69 Å². The number of carbonyl (C=O) groups is 1. The van der Waals surface area contributed by atoms with Crippen molar-refractivity contribution in [3.63, 3.8) is 0 Å². The number of morpholine rings is 1. The molecule has 0 saturated carbocycles. The first-order valence-electron chi connectivity index (χ1n) is 9.32. The van der Waals surface area contributed by atoms with Crippen LogP contribution in [0.1, 0.15) is 5.56 Å². The molecule has 1 saturated heterocycles. The number of carbonyl (C=O) groups excluding carboxylic acids is 1. The lowest BCUT2D eigenvalue weighted by atomic mass is 10.2. The van der Waals surface area contributed by atoms with Crippen LogP contribution in [0.3, 0.4) is 0 Å². The molecule has 0 bridgehead atoms. The molecule has 0 unspecified atom stereocenters. The molecule has 1 aliphatic heterocycles. The molecule has 29 heavy (non-hydrogen) atoms. The Morgan fingerprint density at radius 3 is 2.69 bits per heavy atom. The summed E-state index contributed by atoms with van der Waals surface area (Å²) in [5.41, 5.74) is 0.527. The summed E-state index contributed by atoms with van der Waals surface area (Å²) in [6.07, 6.45) is 1.63. The lowest BCUT2D eigenvalue weighted by Gasteiger charge is -2.27. The number of hydrogen-bond donors (Lipinski definition) is 1. The average Bonchev–Trinajstić information content (AvgIpc) is 3.07. The summed E-state index contributed by atoms with van der Waals surface area (Å²) in [6.45, 7) is 2.93. The molecule has 0 spiro atoms. The standard InChI is InChI=1S/C19H22N6O4/c1-28-15-4-2-14(3-5-15)12-20-17(26)13-25-19(27)24-7-6-16(21-18(24)22-25)23-8-10-29-11-9-23/h2-7H,8-13H2,1H3,(H,20,26). The number of ether oxygens (including phenoxy) is 2. The quantitative estimate of drug-likeness (QED) is 0.626. The monoisotopic (exact) mass is 398 g/mol. The number of benzene rings is 1. The van der Waals surface area contributed by atoms with Crippen LogP contribution in [0, 0.1) is 0 Å². The van der Waals surface area contributed by atoms with E-state index in [-0.39, 0.29) is 18.2 Å². The summed E-state index contributed by atoms with van der Waals surface area (Å²) in [6, 6.07) is 9.16. The molecule has 1 aliphatic rings. The minimum Gasteiger partial charge on any atom is -0.497 e. The predicted octanol–water partition coefficient (Wildman–Crippen LogP) is 0.0526. The van der Waals surface area contributed by atoms with E-state index in [4.69, 9.17) is 9.47 Å². The number of methoxy groups -OCH3 is 1. The van der Waals surface area contributed by atoms with E-state index in [0.717, 1.165) is 34.9 Å². The SMILES string of the molecule is COc1ccc(CNC(=O)Cn2nc3nc(N4CCOCC4)ccn3c2=O)cc1. The maximum Gasteiger partial charge on any atom is 0.352 e. The van der Waals surface area contributed by atoms with Crippen LogP contribution in [0.15, 0.2) is 41.3 Å². The van der Waals surface area contributed by atoms with E-state index in [0.29, 0.717) is 19.8 Å². The van der Waals surface area contributed by atoms with E-state index in [1.807, 2.05) is 24.3 Å². The molecule has 0 radical (unpaired) electrons. The normalized spacial score (nSPS) is 14.2. The van der Waals surface area contributed by atoms with Crippen LogP contribution >= 0.6 is 0 Å². The van der Waals surface area contributed by atoms with Crippen molar-refractivity contribution in [1.82, 2.24) is 24.5 Å². The third-order valence-corrected chi connectivity index (χ3v) is 4.72. The molecule has 1 amide bonds. The van der Waals surface area contributed by atoms with Crippen LogP contribution in [0.2, 0.25) is 0 Å². The lowest BCUT2D eigenvalue weighted by Crippen LogP contribution is -2.36. The number of rotatable bonds is 6. The van der Waals surface area contributed by atoms with Crippen molar-refractivity contribution in [3.05, 3.63) is 52.6 Å². The number of amides is 1. The van der Waals surface area contributed by atoms with Gasteiger partial charge in [-0.2, -0.15) is 4.98 Å². The van der Waals surface area contributed by atoms with E-state index in [1.54, 1.807) is 19.4 Å². The second kappa shape index (κ2) is 8.31. The molecule has 3 aromatic rings. The van der Waals surface area contributed by atoms with Crippen LogP contribution < -0.4 is 20.6 Å². The maximum absolute atomic E-state index is 12.5. The van der Waals surface area contributed by atoms with E-state index in [1.165, 1.54) is 4.40 Å². The second-order valence-corrected chi connectivity index (χ2v) is 6.62. The largest absolute Gasteiger partial charge is 0.497 e. The fourth-order valence-corrected chi connectivity index (χ4v) is 3.10. The van der Waals surface area contributed by atoms with Crippen molar-refractivity contribution in [2.75, 3.05) is 38.3 Å². The minimum absolute atomic E-state index is 0.175. The number of aromatic nitrogens is 4. The third kappa shape index (κ3) is 4.21. The van der Waals surface area contributed by atoms with Crippen LogP contribution in [-0.2, 0) is 22.6 Å². The molecule has 152 valence electrons. The van der Waals surface area contributed by atoms with E-state index in [9.17, 15) is 9.59 Å². The van der Waals surface area contributed by atoms with Gasteiger partial charge in [-0.05, 0) is 23.8 Å². The summed E-state index contributed by atoms with van der Waals surface area (Å²) in [5.74, 6) is 1.45. The molecule has 3 heterocycles. The van der Waals surface area contributed by atoms with Gasteiger partial charge in [-0.3, -0.25) is 4.79 Å². The highest BCUT2D eigenvalue weighted by molar-refractivity contribution is 5.75. The Kier molecular flexibility index (Phi) is 5.43. The van der Waals surface area contributed by atoms with Gasteiger partial charge in [0.25, 0.3) is 5.78 Å². The summed E-state index contributed by atoms with van der Waals surface area (Å²) < 4.78 is 12.9. The summed E-state index contributed by atoms with van der Waals surface area (Å²) in [5, 5.41) is 6.99. The van der Waals surface area contributed by atoms with Crippen molar-refractivity contribution < 1.29 is 14.3 Å². The van der Waals surface area contributed by atoms with Gasteiger partial charge in [0.05, 0.1) is 20.3 Å². The van der Waals surface area contributed by atoms with Crippen LogP contribution in [0.4, 0.5) is 5.82 Å². The van der Waals surface area contributed by atoms with Crippen molar-refractivity contribution in [3.8, 4) is 5.75 Å². The number of anilines is 1. The molecule has 0 aliphatic carbocycles. The summed E-state index contributed by atoms with van der Waals surface area (Å²) in [7, 11) is 1.60. The van der Waals surface area contributed by atoms with Gasteiger partial charge in [-0.1, -0.05) is 12.1 Å². The first-order chi connectivity index (χ1) is 14.1. The van der Waals surface area contributed by atoms with Gasteiger partial charge in [-0.25, -0.2) is 13.9 Å². The molecular formula is C19H22N6O4. The fourth-order valence-electron chi connectivity index (χ4n) is 3.10. The highest BCUT2D eigenvalue weighted by Crippen LogP contribution is 2.13. The average molecular weight is 398 g/mol. The second-order valence-electron chi connectivity index (χ2n) is 6.62. The molecular weight excluding hydrogens is 376 g/mol. The topological polar surface area (TPSA) is 103 Å². The van der Waals surface area contributed by atoms with Crippen LogP contribution in [0.25, 0.3) is 5.78 Å². The van der Waals surface area contributed by atoms with Gasteiger partial charge in [0, 0.05) is 25.8 Å². The highest BCUT2D eigenvalue weighted by Gasteiger charge is 2.16. The molecule has 2 aromatic heterocycles. The summed E-state index contributed by atoms with van der Waals surface area (Å²) >= 11 is 0. The Balaban J connectivity index is 1.43. The fraction of sp³-hybridized carbons (Fsp3) is 0.368. The minimum atomic E-state index is -0.402. The maximum atomic E-state index is 12.5. The first kappa shape index (κ1) is 18.9. The Morgan fingerprint density at radius 1 is 1.21 bits per heavy atom.